The van der Waals surface area contributed by atoms with Gasteiger partial charge in [-0.3, -0.25) is 0 Å². The van der Waals surface area contributed by atoms with Gasteiger partial charge in [-0.25, -0.2) is 4.79 Å². The van der Waals surface area contributed by atoms with E-state index in [4.69, 9.17) is 5.11 Å². The number of carbonyl (C=O) groups is 1. The maximum Gasteiger partial charge on any atom is 0.573 e. The van der Waals surface area contributed by atoms with Crippen LogP contribution in [-0.2, 0) is 11.2 Å². The average Bonchev–Trinajstić information content (AvgIpc) is 2.26. The first-order valence-corrected chi connectivity index (χ1v) is 5.04. The summed E-state index contributed by atoms with van der Waals surface area (Å²) in [5, 5.41) is 17.9. The molecule has 0 bridgehead atoms. The van der Waals surface area contributed by atoms with E-state index in [2.05, 4.69) is 4.74 Å². The van der Waals surface area contributed by atoms with E-state index in [1.165, 1.54) is 6.07 Å². The van der Waals surface area contributed by atoms with Gasteiger partial charge >= 0.3 is 12.3 Å². The van der Waals surface area contributed by atoms with Crippen molar-refractivity contribution >= 4 is 5.97 Å². The molecule has 0 amide bonds. The second kappa shape index (κ2) is 5.26. The van der Waals surface area contributed by atoms with Crippen molar-refractivity contribution in [2.24, 2.45) is 0 Å². The smallest absolute Gasteiger partial charge is 0.479 e. The van der Waals surface area contributed by atoms with E-state index in [-0.39, 0.29) is 17.5 Å². The fourth-order valence-electron chi connectivity index (χ4n) is 1.41. The first-order chi connectivity index (χ1) is 8.24. The highest BCUT2D eigenvalue weighted by molar-refractivity contribution is 5.74. The molecule has 0 saturated carbocycles. The van der Waals surface area contributed by atoms with Crippen molar-refractivity contribution < 1.29 is 32.9 Å². The van der Waals surface area contributed by atoms with Crippen molar-refractivity contribution in [3.05, 3.63) is 29.3 Å². The third-order valence-corrected chi connectivity index (χ3v) is 2.24. The molecular formula is C11H11F3O4. The predicted molar refractivity (Wildman–Crippen MR) is 55.1 cm³/mol. The van der Waals surface area contributed by atoms with Crippen molar-refractivity contribution in [2.45, 2.75) is 25.8 Å². The summed E-state index contributed by atoms with van der Waals surface area (Å²) in [5.74, 6) is -1.87. The zero-order chi connectivity index (χ0) is 13.9. The summed E-state index contributed by atoms with van der Waals surface area (Å²) in [6, 6.07) is 3.26. The molecule has 1 aromatic rings. The molecular weight excluding hydrogens is 253 g/mol. The number of hydrogen-bond acceptors (Lipinski definition) is 3. The van der Waals surface area contributed by atoms with E-state index >= 15 is 0 Å². The molecule has 2 N–H and O–H groups in total. The quantitative estimate of drug-likeness (QED) is 0.875. The summed E-state index contributed by atoms with van der Waals surface area (Å²) < 4.78 is 40.0. The van der Waals surface area contributed by atoms with Crippen LogP contribution in [0.4, 0.5) is 13.2 Å². The van der Waals surface area contributed by atoms with Crippen LogP contribution in [0.15, 0.2) is 18.2 Å². The zero-order valence-electron chi connectivity index (χ0n) is 9.36. The molecule has 0 fully saturated rings. The summed E-state index contributed by atoms with van der Waals surface area (Å²) >= 11 is 0. The Morgan fingerprint density at radius 1 is 1.44 bits per heavy atom. The summed E-state index contributed by atoms with van der Waals surface area (Å²) in [6.45, 7) is 1.59. The van der Waals surface area contributed by atoms with Gasteiger partial charge in [-0.05, 0) is 29.7 Å². The van der Waals surface area contributed by atoms with Crippen LogP contribution in [-0.4, -0.2) is 22.5 Å². The van der Waals surface area contributed by atoms with Crippen molar-refractivity contribution in [1.82, 2.24) is 0 Å². The van der Waals surface area contributed by atoms with Crippen LogP contribution < -0.4 is 4.74 Å². The van der Waals surface area contributed by atoms with Gasteiger partial charge in [0.25, 0.3) is 0 Å². The van der Waals surface area contributed by atoms with E-state index in [1.807, 2.05) is 0 Å². The van der Waals surface area contributed by atoms with Gasteiger partial charge in [0.15, 0.2) is 6.10 Å². The summed E-state index contributed by atoms with van der Waals surface area (Å²) in [7, 11) is 0. The van der Waals surface area contributed by atoms with Gasteiger partial charge in [-0.2, -0.15) is 0 Å². The number of hydrogen-bond donors (Lipinski definition) is 2. The van der Waals surface area contributed by atoms with E-state index in [0.29, 0.717) is 0 Å². The normalized spacial score (nSPS) is 13.2. The third-order valence-electron chi connectivity index (χ3n) is 2.24. The second-order valence-corrected chi connectivity index (χ2v) is 3.51. The molecule has 18 heavy (non-hydrogen) atoms. The Morgan fingerprint density at radius 3 is 2.50 bits per heavy atom. The molecule has 1 atom stereocenters. The van der Waals surface area contributed by atoms with E-state index in [1.54, 1.807) is 6.92 Å². The van der Waals surface area contributed by atoms with E-state index in [0.717, 1.165) is 12.1 Å². The summed E-state index contributed by atoms with van der Waals surface area (Å²) in [5.41, 5.74) is 0.180. The maximum atomic E-state index is 12.1. The lowest BCUT2D eigenvalue weighted by atomic mass is 10.0. The van der Waals surface area contributed by atoms with Crippen LogP contribution in [0.1, 0.15) is 24.2 Å². The minimum Gasteiger partial charge on any atom is -0.479 e. The van der Waals surface area contributed by atoms with Gasteiger partial charge < -0.3 is 14.9 Å². The lowest BCUT2D eigenvalue weighted by Gasteiger charge is -2.14. The number of aliphatic carboxylic acids is 1. The number of alkyl halides is 3. The lowest BCUT2D eigenvalue weighted by molar-refractivity contribution is -0.274. The second-order valence-electron chi connectivity index (χ2n) is 3.51. The molecule has 0 aliphatic rings. The molecule has 0 aliphatic heterocycles. The minimum absolute atomic E-state index is 0.00822. The van der Waals surface area contributed by atoms with Crippen LogP contribution >= 0.6 is 0 Å². The number of carboxylic acids is 1. The van der Waals surface area contributed by atoms with Gasteiger partial charge in [0.2, 0.25) is 0 Å². The highest BCUT2D eigenvalue weighted by Gasteiger charge is 2.32. The molecule has 0 saturated heterocycles. The number of aliphatic hydroxyl groups is 1. The molecule has 1 unspecified atom stereocenters. The van der Waals surface area contributed by atoms with Crippen LogP contribution in [0.5, 0.6) is 5.75 Å². The highest BCUT2D eigenvalue weighted by Crippen LogP contribution is 2.29. The van der Waals surface area contributed by atoms with Crippen molar-refractivity contribution in [3.63, 3.8) is 0 Å². The molecule has 0 heterocycles. The van der Waals surface area contributed by atoms with E-state index < -0.39 is 24.2 Å². The lowest BCUT2D eigenvalue weighted by Crippen LogP contribution is -2.18. The molecule has 0 spiro atoms. The van der Waals surface area contributed by atoms with Gasteiger partial charge in [0.05, 0.1) is 0 Å². The predicted octanol–water partition coefficient (Wildman–Crippen LogP) is 2.27. The first-order valence-electron chi connectivity index (χ1n) is 5.04. The number of ether oxygens (including phenoxy) is 1. The number of benzene rings is 1. The Balaban J connectivity index is 3.07. The first kappa shape index (κ1) is 14.3. The molecule has 0 aliphatic carbocycles. The summed E-state index contributed by atoms with van der Waals surface area (Å²) in [6.07, 6.45) is -6.36. The summed E-state index contributed by atoms with van der Waals surface area (Å²) in [4.78, 5) is 10.6. The standard InChI is InChI=1S/C11H11F3O4/c1-2-6-5-7(9(15)10(16)17)3-4-8(6)18-11(12,13)14/h3-5,9,15H,2H2,1H3,(H,16,17). The van der Waals surface area contributed by atoms with Crippen LogP contribution in [0.2, 0.25) is 0 Å². The Kier molecular flexibility index (Phi) is 4.18. The Labute approximate surface area is 101 Å². The largest absolute Gasteiger partial charge is 0.573 e. The van der Waals surface area contributed by atoms with Crippen molar-refractivity contribution in [2.75, 3.05) is 0 Å². The fourth-order valence-corrected chi connectivity index (χ4v) is 1.41. The number of aliphatic hydroxyl groups excluding tert-OH is 1. The third kappa shape index (κ3) is 3.63. The monoisotopic (exact) mass is 264 g/mol. The molecule has 1 rings (SSSR count). The van der Waals surface area contributed by atoms with Gasteiger partial charge in [-0.15, -0.1) is 13.2 Å². The van der Waals surface area contributed by atoms with Gasteiger partial charge in [0.1, 0.15) is 5.75 Å². The number of halogens is 3. The molecule has 7 heteroatoms. The van der Waals surface area contributed by atoms with Gasteiger partial charge in [-0.1, -0.05) is 13.0 Å². The minimum atomic E-state index is -4.81. The topological polar surface area (TPSA) is 66.8 Å². The maximum absolute atomic E-state index is 12.1. The van der Waals surface area contributed by atoms with Crippen LogP contribution in [0.25, 0.3) is 0 Å². The zero-order valence-corrected chi connectivity index (χ0v) is 9.36. The Bertz CT molecular complexity index is 442. The molecule has 1 aromatic carbocycles. The molecule has 100 valence electrons. The van der Waals surface area contributed by atoms with Crippen molar-refractivity contribution in [3.8, 4) is 5.75 Å². The van der Waals surface area contributed by atoms with Crippen LogP contribution in [0.3, 0.4) is 0 Å². The molecule has 4 nitrogen and oxygen atoms in total. The van der Waals surface area contributed by atoms with Gasteiger partial charge in [0, 0.05) is 0 Å². The Morgan fingerprint density at radius 2 is 2.06 bits per heavy atom. The number of aryl methyl sites for hydroxylation is 1. The van der Waals surface area contributed by atoms with Crippen LogP contribution in [0, 0.1) is 0 Å². The molecule has 0 radical (unpaired) electrons. The SMILES string of the molecule is CCc1cc(C(O)C(=O)O)ccc1OC(F)(F)F. The highest BCUT2D eigenvalue weighted by atomic mass is 19.4. The number of rotatable bonds is 4. The number of carboxylic acid groups (broad SMARTS) is 1. The molecule has 0 aromatic heterocycles. The fraction of sp³-hybridized carbons (Fsp3) is 0.364. The Hall–Kier alpha value is -1.76. The van der Waals surface area contributed by atoms with E-state index in [9.17, 15) is 23.1 Å². The average molecular weight is 264 g/mol. The van der Waals surface area contributed by atoms with Crippen molar-refractivity contribution in [1.29, 1.82) is 0 Å².